The molecule has 0 heterocycles. The fourth-order valence-corrected chi connectivity index (χ4v) is 2.68. The Morgan fingerprint density at radius 2 is 1.90 bits per heavy atom. The van der Waals surface area contributed by atoms with Gasteiger partial charge in [0.2, 0.25) is 0 Å². The number of halogens is 1. The van der Waals surface area contributed by atoms with Crippen molar-refractivity contribution in [3.63, 3.8) is 0 Å². The number of hydrogen-bond acceptors (Lipinski definition) is 2. The second-order valence-electron chi connectivity index (χ2n) is 6.49. The molecule has 1 rings (SSSR count). The fraction of sp³-hybridized carbons (Fsp3) is 0.647. The van der Waals surface area contributed by atoms with Crippen molar-refractivity contribution in [3.05, 3.63) is 35.6 Å². The van der Waals surface area contributed by atoms with Crippen molar-refractivity contribution in [1.82, 2.24) is 10.2 Å². The van der Waals surface area contributed by atoms with Crippen LogP contribution < -0.4 is 5.32 Å². The lowest BCUT2D eigenvalue weighted by Gasteiger charge is -2.27. The van der Waals surface area contributed by atoms with Crippen LogP contribution in [0.25, 0.3) is 0 Å². The second-order valence-corrected chi connectivity index (χ2v) is 6.49. The van der Waals surface area contributed by atoms with Crippen LogP contribution in [0.5, 0.6) is 0 Å². The van der Waals surface area contributed by atoms with Crippen LogP contribution in [0.2, 0.25) is 0 Å². The third-order valence-electron chi connectivity index (χ3n) is 3.29. The molecule has 1 N–H and O–H groups in total. The van der Waals surface area contributed by atoms with Gasteiger partial charge in [0.15, 0.2) is 0 Å². The van der Waals surface area contributed by atoms with Crippen LogP contribution in [0.3, 0.4) is 0 Å². The third-order valence-corrected chi connectivity index (χ3v) is 3.29. The molecule has 2 nitrogen and oxygen atoms in total. The van der Waals surface area contributed by atoms with E-state index in [-0.39, 0.29) is 5.82 Å². The van der Waals surface area contributed by atoms with E-state index in [4.69, 9.17) is 0 Å². The average Bonchev–Trinajstić information content (AvgIpc) is 2.26. The molecule has 0 aliphatic carbocycles. The molecule has 2 unspecified atom stereocenters. The van der Waals surface area contributed by atoms with Gasteiger partial charge in [-0.2, -0.15) is 0 Å². The Kier molecular flexibility index (Phi) is 7.17. The summed E-state index contributed by atoms with van der Waals surface area (Å²) in [4.78, 5) is 2.22. The lowest BCUT2D eigenvalue weighted by atomic mass is 10.0. The Bertz CT molecular complexity index is 380. The number of nitrogens with zero attached hydrogens (tertiary/aromatic N) is 1. The maximum Gasteiger partial charge on any atom is 0.123 e. The van der Waals surface area contributed by atoms with Crippen molar-refractivity contribution in [1.29, 1.82) is 0 Å². The van der Waals surface area contributed by atoms with Gasteiger partial charge in [-0.15, -0.1) is 0 Å². The van der Waals surface area contributed by atoms with E-state index >= 15 is 0 Å². The molecule has 0 amide bonds. The molecule has 0 aliphatic rings. The van der Waals surface area contributed by atoms with Gasteiger partial charge >= 0.3 is 0 Å². The SMILES string of the molecule is CC(C)CC(CN(C)C)NC(C)Cc1cccc(F)c1. The Morgan fingerprint density at radius 3 is 2.45 bits per heavy atom. The van der Waals surface area contributed by atoms with E-state index < -0.39 is 0 Å². The molecular weight excluding hydrogens is 251 g/mol. The van der Waals surface area contributed by atoms with E-state index in [1.54, 1.807) is 12.1 Å². The fourth-order valence-electron chi connectivity index (χ4n) is 2.68. The summed E-state index contributed by atoms with van der Waals surface area (Å²) in [6.07, 6.45) is 2.02. The van der Waals surface area contributed by atoms with Gasteiger partial charge < -0.3 is 10.2 Å². The summed E-state index contributed by atoms with van der Waals surface area (Å²) in [5.41, 5.74) is 1.05. The van der Waals surface area contributed by atoms with Crippen LogP contribution in [0.4, 0.5) is 4.39 Å². The summed E-state index contributed by atoms with van der Waals surface area (Å²) < 4.78 is 13.2. The normalized spacial score (nSPS) is 14.8. The van der Waals surface area contributed by atoms with E-state index in [2.05, 4.69) is 45.1 Å². The molecule has 1 aromatic carbocycles. The van der Waals surface area contributed by atoms with Gasteiger partial charge in [0.25, 0.3) is 0 Å². The van der Waals surface area contributed by atoms with Gasteiger partial charge in [-0.25, -0.2) is 4.39 Å². The molecule has 1 aromatic rings. The number of benzene rings is 1. The van der Waals surface area contributed by atoms with Gasteiger partial charge in [-0.3, -0.25) is 0 Å². The standard InChI is InChI=1S/C17H29FN2/c1-13(2)9-17(12-20(4)5)19-14(3)10-15-7-6-8-16(18)11-15/h6-8,11,13-14,17,19H,9-10,12H2,1-5H3. The summed E-state index contributed by atoms with van der Waals surface area (Å²) in [7, 11) is 4.21. The van der Waals surface area contributed by atoms with Crippen molar-refractivity contribution in [2.24, 2.45) is 5.92 Å². The molecule has 0 aliphatic heterocycles. The van der Waals surface area contributed by atoms with E-state index in [0.717, 1.165) is 24.9 Å². The number of nitrogens with one attached hydrogen (secondary N) is 1. The second kappa shape index (κ2) is 8.38. The van der Waals surface area contributed by atoms with Gasteiger partial charge in [0, 0.05) is 18.6 Å². The van der Waals surface area contributed by atoms with Crippen LogP contribution in [0, 0.1) is 11.7 Å². The first-order valence-electron chi connectivity index (χ1n) is 7.52. The molecule has 0 radical (unpaired) electrons. The zero-order valence-corrected chi connectivity index (χ0v) is 13.5. The van der Waals surface area contributed by atoms with E-state index in [9.17, 15) is 4.39 Å². The van der Waals surface area contributed by atoms with Crippen LogP contribution >= 0.6 is 0 Å². The van der Waals surface area contributed by atoms with Crippen molar-refractivity contribution in [2.75, 3.05) is 20.6 Å². The summed E-state index contributed by atoms with van der Waals surface area (Å²) in [5, 5.41) is 3.68. The quantitative estimate of drug-likeness (QED) is 0.786. The maximum atomic E-state index is 13.2. The highest BCUT2D eigenvalue weighted by Crippen LogP contribution is 2.10. The van der Waals surface area contributed by atoms with Gasteiger partial charge in [-0.05, 0) is 57.5 Å². The molecule has 0 saturated carbocycles. The summed E-state index contributed by atoms with van der Waals surface area (Å²) in [6.45, 7) is 7.71. The lowest BCUT2D eigenvalue weighted by molar-refractivity contribution is 0.289. The Labute approximate surface area is 123 Å². The molecular formula is C17H29FN2. The van der Waals surface area contributed by atoms with Crippen molar-refractivity contribution < 1.29 is 4.39 Å². The lowest BCUT2D eigenvalue weighted by Crippen LogP contribution is -2.44. The maximum absolute atomic E-state index is 13.2. The summed E-state index contributed by atoms with van der Waals surface area (Å²) >= 11 is 0. The Hall–Kier alpha value is -0.930. The first-order chi connectivity index (χ1) is 9.36. The number of hydrogen-bond donors (Lipinski definition) is 1. The number of rotatable bonds is 8. The smallest absolute Gasteiger partial charge is 0.123 e. The molecule has 0 aromatic heterocycles. The minimum absolute atomic E-state index is 0.151. The topological polar surface area (TPSA) is 15.3 Å². The van der Waals surface area contributed by atoms with Gasteiger partial charge in [0.05, 0.1) is 0 Å². The van der Waals surface area contributed by atoms with Gasteiger partial charge in [-0.1, -0.05) is 26.0 Å². The Balaban J connectivity index is 2.54. The van der Waals surface area contributed by atoms with Crippen molar-refractivity contribution >= 4 is 0 Å². The van der Waals surface area contributed by atoms with E-state index in [1.165, 1.54) is 6.07 Å². The van der Waals surface area contributed by atoms with E-state index in [1.807, 2.05) is 6.07 Å². The molecule has 3 heteroatoms. The molecule has 0 bridgehead atoms. The first-order valence-corrected chi connectivity index (χ1v) is 7.52. The third kappa shape index (κ3) is 7.01. The minimum Gasteiger partial charge on any atom is -0.310 e. The van der Waals surface area contributed by atoms with Crippen molar-refractivity contribution in [2.45, 2.75) is 45.7 Å². The predicted molar refractivity (Wildman–Crippen MR) is 84.5 cm³/mol. The molecule has 0 spiro atoms. The number of likely N-dealkylation sites (N-methyl/N-ethyl adjacent to an activating group) is 1. The summed E-state index contributed by atoms with van der Waals surface area (Å²) in [6, 6.07) is 7.72. The minimum atomic E-state index is -0.151. The van der Waals surface area contributed by atoms with Gasteiger partial charge in [0.1, 0.15) is 5.82 Å². The zero-order valence-electron chi connectivity index (χ0n) is 13.5. The first kappa shape index (κ1) is 17.1. The predicted octanol–water partition coefficient (Wildman–Crippen LogP) is 3.32. The molecule has 114 valence electrons. The highest BCUT2D eigenvalue weighted by molar-refractivity contribution is 5.17. The van der Waals surface area contributed by atoms with Crippen LogP contribution in [0.15, 0.2) is 24.3 Å². The molecule has 2 atom stereocenters. The largest absolute Gasteiger partial charge is 0.310 e. The van der Waals surface area contributed by atoms with E-state index in [0.29, 0.717) is 18.0 Å². The monoisotopic (exact) mass is 280 g/mol. The van der Waals surface area contributed by atoms with Crippen LogP contribution in [0.1, 0.15) is 32.8 Å². The Morgan fingerprint density at radius 1 is 1.20 bits per heavy atom. The van der Waals surface area contributed by atoms with Crippen LogP contribution in [-0.2, 0) is 6.42 Å². The molecule has 0 fully saturated rings. The highest BCUT2D eigenvalue weighted by atomic mass is 19.1. The average molecular weight is 280 g/mol. The van der Waals surface area contributed by atoms with Crippen LogP contribution in [-0.4, -0.2) is 37.6 Å². The summed E-state index contributed by atoms with van der Waals surface area (Å²) in [5.74, 6) is 0.524. The zero-order chi connectivity index (χ0) is 15.1. The highest BCUT2D eigenvalue weighted by Gasteiger charge is 2.15. The molecule has 20 heavy (non-hydrogen) atoms. The molecule has 0 saturated heterocycles. The van der Waals surface area contributed by atoms with Crippen molar-refractivity contribution in [3.8, 4) is 0 Å².